The standard InChI is InChI=1S/C9H17O8P/c1-5(2)7(10)14-9(16-17-18(12)13)15-8(11)6(3)4/h5-6,9,18H,1-4H3,(H,12,13). The second kappa shape index (κ2) is 8.20. The van der Waals surface area contributed by atoms with Crippen molar-refractivity contribution in [2.24, 2.45) is 11.8 Å². The fourth-order valence-electron chi connectivity index (χ4n) is 0.606. The first-order valence-electron chi connectivity index (χ1n) is 5.21. The van der Waals surface area contributed by atoms with E-state index >= 15 is 0 Å². The van der Waals surface area contributed by atoms with Crippen molar-refractivity contribution >= 4 is 20.2 Å². The van der Waals surface area contributed by atoms with Crippen LogP contribution >= 0.6 is 8.25 Å². The van der Waals surface area contributed by atoms with Gasteiger partial charge in [-0.15, -0.1) is 9.56 Å². The summed E-state index contributed by atoms with van der Waals surface area (Å²) in [6, 6.07) is 0. The average Bonchev–Trinajstić information content (AvgIpc) is 2.25. The zero-order chi connectivity index (χ0) is 14.3. The van der Waals surface area contributed by atoms with Crippen molar-refractivity contribution < 1.29 is 38.1 Å². The minimum Gasteiger partial charge on any atom is -0.398 e. The highest BCUT2D eigenvalue weighted by molar-refractivity contribution is 7.31. The zero-order valence-corrected chi connectivity index (χ0v) is 11.5. The largest absolute Gasteiger partial charge is 0.398 e. The van der Waals surface area contributed by atoms with Crippen LogP contribution in [-0.4, -0.2) is 23.3 Å². The molecule has 0 saturated carbocycles. The molecule has 18 heavy (non-hydrogen) atoms. The molecule has 0 spiro atoms. The third-order valence-electron chi connectivity index (χ3n) is 1.57. The van der Waals surface area contributed by atoms with Gasteiger partial charge < -0.3 is 14.4 Å². The monoisotopic (exact) mass is 284 g/mol. The van der Waals surface area contributed by atoms with Crippen LogP contribution in [0.25, 0.3) is 0 Å². The Morgan fingerprint density at radius 1 is 1.00 bits per heavy atom. The van der Waals surface area contributed by atoms with Gasteiger partial charge in [0.2, 0.25) is 0 Å². The predicted octanol–water partition coefficient (Wildman–Crippen LogP) is 0.999. The van der Waals surface area contributed by atoms with Gasteiger partial charge in [-0.1, -0.05) is 27.7 Å². The van der Waals surface area contributed by atoms with Crippen LogP contribution in [0.15, 0.2) is 0 Å². The molecule has 0 heterocycles. The van der Waals surface area contributed by atoms with Crippen molar-refractivity contribution in [1.82, 2.24) is 0 Å². The molecule has 0 fully saturated rings. The maximum absolute atomic E-state index is 11.3. The van der Waals surface area contributed by atoms with Gasteiger partial charge in [0, 0.05) is 0 Å². The quantitative estimate of drug-likeness (QED) is 0.242. The molecule has 1 unspecified atom stereocenters. The van der Waals surface area contributed by atoms with E-state index in [4.69, 9.17) is 4.89 Å². The molecule has 0 bridgehead atoms. The van der Waals surface area contributed by atoms with E-state index in [1.165, 1.54) is 0 Å². The summed E-state index contributed by atoms with van der Waals surface area (Å²) < 4.78 is 23.5. The molecule has 0 aliphatic carbocycles. The van der Waals surface area contributed by atoms with Gasteiger partial charge in [-0.2, -0.15) is 0 Å². The summed E-state index contributed by atoms with van der Waals surface area (Å²) in [5.74, 6) is -2.39. The summed E-state index contributed by atoms with van der Waals surface area (Å²) in [7, 11) is -3.39. The van der Waals surface area contributed by atoms with Gasteiger partial charge in [-0.25, -0.2) is 0 Å². The van der Waals surface area contributed by atoms with Crippen molar-refractivity contribution in [3.63, 3.8) is 0 Å². The van der Waals surface area contributed by atoms with Gasteiger partial charge >= 0.3 is 26.7 Å². The van der Waals surface area contributed by atoms with Crippen LogP contribution < -0.4 is 0 Å². The van der Waals surface area contributed by atoms with Crippen LogP contribution in [0.2, 0.25) is 0 Å². The van der Waals surface area contributed by atoms with Crippen LogP contribution in [0, 0.1) is 11.8 Å². The first-order chi connectivity index (χ1) is 8.23. The molecule has 1 atom stereocenters. The zero-order valence-electron chi connectivity index (χ0n) is 10.5. The van der Waals surface area contributed by atoms with Gasteiger partial charge in [0.15, 0.2) is 0 Å². The number of ether oxygens (including phenoxy) is 2. The first kappa shape index (κ1) is 17.1. The molecule has 0 aromatic heterocycles. The molecule has 0 rings (SSSR count). The molecule has 0 saturated heterocycles. The Balaban J connectivity index is 4.46. The third kappa shape index (κ3) is 7.39. The molecule has 1 N–H and O–H groups in total. The van der Waals surface area contributed by atoms with Gasteiger partial charge in [0.05, 0.1) is 11.8 Å². The second-order valence-electron chi connectivity index (χ2n) is 3.92. The summed E-state index contributed by atoms with van der Waals surface area (Å²) in [5, 5.41) is 0. The third-order valence-corrected chi connectivity index (χ3v) is 1.80. The van der Waals surface area contributed by atoms with E-state index in [-0.39, 0.29) is 0 Å². The number of esters is 2. The maximum atomic E-state index is 11.3. The predicted molar refractivity (Wildman–Crippen MR) is 59.0 cm³/mol. The molecule has 9 heteroatoms. The highest BCUT2D eigenvalue weighted by atomic mass is 31.1. The average molecular weight is 284 g/mol. The number of rotatable bonds is 7. The summed E-state index contributed by atoms with van der Waals surface area (Å²) in [6.07, 6.45) is 0. The summed E-state index contributed by atoms with van der Waals surface area (Å²) >= 11 is 0. The van der Waals surface area contributed by atoms with Crippen molar-refractivity contribution in [3.8, 4) is 0 Å². The summed E-state index contributed by atoms with van der Waals surface area (Å²) in [4.78, 5) is 35.2. The van der Waals surface area contributed by atoms with Crippen molar-refractivity contribution in [2.75, 3.05) is 0 Å². The van der Waals surface area contributed by atoms with E-state index in [2.05, 4.69) is 19.0 Å². The lowest BCUT2D eigenvalue weighted by Gasteiger charge is -2.18. The maximum Gasteiger partial charge on any atom is 0.392 e. The minimum absolute atomic E-state index is 0.486. The number of carbonyl (C=O) groups is 2. The lowest BCUT2D eigenvalue weighted by atomic mass is 10.2. The Hall–Kier alpha value is -0.950. The van der Waals surface area contributed by atoms with Crippen LogP contribution in [0.4, 0.5) is 0 Å². The van der Waals surface area contributed by atoms with Crippen molar-refractivity contribution in [3.05, 3.63) is 0 Å². The molecule has 0 aromatic carbocycles. The van der Waals surface area contributed by atoms with Gasteiger partial charge in [0.1, 0.15) is 0 Å². The van der Waals surface area contributed by atoms with E-state index in [1.807, 2.05) is 0 Å². The fraction of sp³-hybridized carbons (Fsp3) is 0.778. The Morgan fingerprint density at radius 2 is 1.39 bits per heavy atom. The first-order valence-corrected chi connectivity index (χ1v) is 6.47. The lowest BCUT2D eigenvalue weighted by Crippen LogP contribution is -2.30. The van der Waals surface area contributed by atoms with Crippen molar-refractivity contribution in [2.45, 2.75) is 34.2 Å². The minimum atomic E-state index is -3.39. The molecular formula is C9H17O8P. The number of hydrogen-bond donors (Lipinski definition) is 1. The van der Waals surface area contributed by atoms with E-state index in [9.17, 15) is 14.2 Å². The molecule has 0 aliphatic heterocycles. The number of hydrogen-bond acceptors (Lipinski definition) is 7. The Labute approximate surface area is 105 Å². The SMILES string of the molecule is CC(C)C(=O)OC(OO[PH](=O)O)OC(=O)C(C)C. The van der Waals surface area contributed by atoms with Crippen LogP contribution in [0.5, 0.6) is 0 Å². The van der Waals surface area contributed by atoms with Crippen molar-refractivity contribution in [1.29, 1.82) is 0 Å². The normalized spacial score (nSPS) is 12.9. The van der Waals surface area contributed by atoms with Gasteiger partial charge in [-0.05, 0) is 0 Å². The highest BCUT2D eigenvalue weighted by Gasteiger charge is 2.24. The van der Waals surface area contributed by atoms with E-state index in [0.29, 0.717) is 0 Å². The van der Waals surface area contributed by atoms with Crippen LogP contribution in [-0.2, 0) is 33.2 Å². The molecule has 0 aromatic rings. The number of carbonyl (C=O) groups excluding carboxylic acids is 2. The van der Waals surface area contributed by atoms with Crippen LogP contribution in [0.3, 0.4) is 0 Å². The Bertz CT molecular complexity index is 292. The summed E-state index contributed by atoms with van der Waals surface area (Å²) in [6.45, 7) is 4.41. The lowest BCUT2D eigenvalue weighted by molar-refractivity contribution is -0.381. The topological polar surface area (TPSA) is 108 Å². The fourth-order valence-corrected chi connectivity index (χ4v) is 0.767. The highest BCUT2D eigenvalue weighted by Crippen LogP contribution is 2.18. The van der Waals surface area contributed by atoms with Crippen LogP contribution in [0.1, 0.15) is 27.7 Å². The second-order valence-corrected chi connectivity index (χ2v) is 4.62. The Morgan fingerprint density at radius 3 is 1.67 bits per heavy atom. The smallest absolute Gasteiger partial charge is 0.392 e. The molecule has 106 valence electrons. The van der Waals surface area contributed by atoms with E-state index < -0.39 is 38.5 Å². The summed E-state index contributed by atoms with van der Waals surface area (Å²) in [5.41, 5.74) is 0. The Kier molecular flexibility index (Phi) is 7.77. The van der Waals surface area contributed by atoms with E-state index in [0.717, 1.165) is 0 Å². The van der Waals surface area contributed by atoms with Gasteiger partial charge in [0.25, 0.3) is 0 Å². The van der Waals surface area contributed by atoms with Gasteiger partial charge in [-0.3, -0.25) is 14.2 Å². The molecule has 8 nitrogen and oxygen atoms in total. The molecular weight excluding hydrogens is 267 g/mol. The molecule has 0 aliphatic rings. The molecule has 0 radical (unpaired) electrons. The molecule has 0 amide bonds. The van der Waals surface area contributed by atoms with E-state index in [1.54, 1.807) is 27.7 Å².